The molecule has 0 spiro atoms. The van der Waals surface area contributed by atoms with E-state index in [2.05, 4.69) is 15.0 Å². The zero-order chi connectivity index (χ0) is 13.8. The number of carbonyl (C=O) groups is 1. The lowest BCUT2D eigenvalue weighted by atomic mass is 10.3. The first kappa shape index (κ1) is 14.7. The molecule has 102 valence electrons. The molecule has 1 N–H and O–H groups in total. The molecule has 0 bridgehead atoms. The molecule has 0 unspecified atom stereocenters. The van der Waals surface area contributed by atoms with Crippen molar-refractivity contribution in [2.45, 2.75) is 19.3 Å². The number of hydrogen-bond acceptors (Lipinski definition) is 5. The number of anilines is 1. The van der Waals surface area contributed by atoms with E-state index in [0.717, 1.165) is 11.3 Å². The Morgan fingerprint density at radius 2 is 2.28 bits per heavy atom. The van der Waals surface area contributed by atoms with E-state index in [1.165, 1.54) is 5.38 Å². The largest absolute Gasteiger partial charge is 0.461 e. The average Bonchev–Trinajstić information content (AvgIpc) is 2.75. The maximum atomic E-state index is 12.6. The van der Waals surface area contributed by atoms with Crippen LogP contribution in [-0.4, -0.2) is 36.5 Å². The van der Waals surface area contributed by atoms with E-state index >= 15 is 0 Å². The lowest BCUT2D eigenvalue weighted by Crippen LogP contribution is -2.34. The van der Waals surface area contributed by atoms with Crippen molar-refractivity contribution in [2.75, 3.05) is 18.5 Å². The van der Waals surface area contributed by atoms with Crippen molar-refractivity contribution in [1.82, 2.24) is 4.98 Å². The molecular formula is C9H10F4N2O2S. The molecule has 0 aliphatic rings. The number of nitrogens with one attached hydrogen (secondary N) is 1. The highest BCUT2D eigenvalue weighted by Gasteiger charge is 2.40. The summed E-state index contributed by atoms with van der Waals surface area (Å²) in [6.07, 6.45) is -3.76. The van der Waals surface area contributed by atoms with Crippen LogP contribution in [0.5, 0.6) is 0 Å². The standard InChI is InChI=1S/C9H10F4N2O2S/c1-2-17-6(16)5-3-18-8(15-5)14-4-9(12,13)7(10)11/h3,7H,2,4H2,1H3,(H,14,15). The summed E-state index contributed by atoms with van der Waals surface area (Å²) in [7, 11) is 0. The number of nitrogens with zero attached hydrogens (tertiary/aromatic N) is 1. The quantitative estimate of drug-likeness (QED) is 0.645. The fourth-order valence-corrected chi connectivity index (χ4v) is 1.60. The molecule has 1 aromatic rings. The number of thiazole rings is 1. The van der Waals surface area contributed by atoms with Gasteiger partial charge in [-0.05, 0) is 6.92 Å². The summed E-state index contributed by atoms with van der Waals surface area (Å²) in [4.78, 5) is 14.8. The van der Waals surface area contributed by atoms with Gasteiger partial charge in [0.25, 0.3) is 0 Å². The third-order valence-electron chi connectivity index (χ3n) is 1.78. The molecule has 0 amide bonds. The van der Waals surface area contributed by atoms with Crippen LogP contribution in [0.4, 0.5) is 22.7 Å². The monoisotopic (exact) mass is 286 g/mol. The topological polar surface area (TPSA) is 51.2 Å². The Morgan fingerprint density at radius 1 is 1.61 bits per heavy atom. The Kier molecular flexibility index (Phi) is 4.88. The highest BCUT2D eigenvalue weighted by atomic mass is 32.1. The maximum Gasteiger partial charge on any atom is 0.357 e. The molecule has 0 aliphatic carbocycles. The second-order valence-corrected chi connectivity index (χ2v) is 4.03. The molecule has 0 atom stereocenters. The van der Waals surface area contributed by atoms with Crippen LogP contribution in [0.1, 0.15) is 17.4 Å². The first-order chi connectivity index (χ1) is 8.36. The highest BCUT2D eigenvalue weighted by molar-refractivity contribution is 7.13. The predicted molar refractivity (Wildman–Crippen MR) is 57.5 cm³/mol. The van der Waals surface area contributed by atoms with Gasteiger partial charge in [0.15, 0.2) is 10.8 Å². The number of esters is 1. The molecule has 4 nitrogen and oxygen atoms in total. The van der Waals surface area contributed by atoms with Gasteiger partial charge in [-0.2, -0.15) is 8.78 Å². The SMILES string of the molecule is CCOC(=O)c1csc(NCC(F)(F)C(F)F)n1. The van der Waals surface area contributed by atoms with E-state index in [1.54, 1.807) is 6.92 Å². The summed E-state index contributed by atoms with van der Waals surface area (Å²) in [5.41, 5.74) is -0.0512. The second-order valence-electron chi connectivity index (χ2n) is 3.17. The van der Waals surface area contributed by atoms with Gasteiger partial charge in [-0.1, -0.05) is 0 Å². The van der Waals surface area contributed by atoms with E-state index in [9.17, 15) is 22.4 Å². The smallest absolute Gasteiger partial charge is 0.357 e. The lowest BCUT2D eigenvalue weighted by molar-refractivity contribution is -0.117. The van der Waals surface area contributed by atoms with Crippen LogP contribution >= 0.6 is 11.3 Å². The van der Waals surface area contributed by atoms with Gasteiger partial charge in [0.05, 0.1) is 13.2 Å². The van der Waals surface area contributed by atoms with Gasteiger partial charge >= 0.3 is 18.3 Å². The van der Waals surface area contributed by atoms with Crippen molar-refractivity contribution in [3.05, 3.63) is 11.1 Å². The summed E-state index contributed by atoms with van der Waals surface area (Å²) >= 11 is 0.855. The molecule has 1 heterocycles. The molecule has 18 heavy (non-hydrogen) atoms. The average molecular weight is 286 g/mol. The minimum absolute atomic E-state index is 0.0432. The number of halogens is 4. The van der Waals surface area contributed by atoms with Crippen molar-refractivity contribution in [3.63, 3.8) is 0 Å². The second kappa shape index (κ2) is 5.98. The molecule has 0 saturated carbocycles. The number of alkyl halides is 4. The zero-order valence-electron chi connectivity index (χ0n) is 9.25. The first-order valence-corrected chi connectivity index (χ1v) is 5.77. The van der Waals surface area contributed by atoms with E-state index in [0.29, 0.717) is 0 Å². The number of rotatable bonds is 6. The Morgan fingerprint density at radius 3 is 2.83 bits per heavy atom. The number of carbonyl (C=O) groups excluding carboxylic acids is 1. The molecule has 0 aliphatic heterocycles. The fourth-order valence-electron chi connectivity index (χ4n) is 0.924. The van der Waals surface area contributed by atoms with Gasteiger partial charge in [0.2, 0.25) is 0 Å². The third kappa shape index (κ3) is 3.83. The van der Waals surface area contributed by atoms with Gasteiger partial charge in [0.1, 0.15) is 0 Å². The van der Waals surface area contributed by atoms with Gasteiger partial charge in [-0.25, -0.2) is 18.6 Å². The zero-order valence-corrected chi connectivity index (χ0v) is 10.1. The summed E-state index contributed by atoms with van der Waals surface area (Å²) in [6.45, 7) is 0.510. The fraction of sp³-hybridized carbons (Fsp3) is 0.556. The van der Waals surface area contributed by atoms with E-state index in [4.69, 9.17) is 0 Å². The summed E-state index contributed by atoms with van der Waals surface area (Å²) < 4.78 is 53.6. The van der Waals surface area contributed by atoms with Crippen LogP contribution in [0.15, 0.2) is 5.38 Å². The minimum atomic E-state index is -4.14. The van der Waals surface area contributed by atoms with Gasteiger partial charge in [-0.3, -0.25) is 0 Å². The van der Waals surface area contributed by atoms with Crippen molar-refractivity contribution in [2.24, 2.45) is 0 Å². The summed E-state index contributed by atoms with van der Waals surface area (Å²) in [6, 6.07) is 0. The van der Waals surface area contributed by atoms with E-state index < -0.39 is 24.9 Å². The Balaban J connectivity index is 2.57. The van der Waals surface area contributed by atoms with E-state index in [1.807, 2.05) is 0 Å². The predicted octanol–water partition coefficient (Wildman–Crippen LogP) is 2.63. The van der Waals surface area contributed by atoms with Crippen molar-refractivity contribution in [1.29, 1.82) is 0 Å². The van der Waals surface area contributed by atoms with Crippen molar-refractivity contribution >= 4 is 22.4 Å². The highest BCUT2D eigenvalue weighted by Crippen LogP contribution is 2.24. The van der Waals surface area contributed by atoms with Crippen LogP contribution < -0.4 is 5.32 Å². The normalized spacial score (nSPS) is 11.7. The van der Waals surface area contributed by atoms with Crippen LogP contribution in [0, 0.1) is 0 Å². The molecule has 0 fully saturated rings. The van der Waals surface area contributed by atoms with Crippen LogP contribution in [0.3, 0.4) is 0 Å². The van der Waals surface area contributed by atoms with Gasteiger partial charge in [0, 0.05) is 5.38 Å². The van der Waals surface area contributed by atoms with Gasteiger partial charge in [-0.15, -0.1) is 11.3 Å². The Bertz CT molecular complexity index is 411. The van der Waals surface area contributed by atoms with E-state index in [-0.39, 0.29) is 17.4 Å². The number of hydrogen-bond donors (Lipinski definition) is 1. The molecular weight excluding hydrogens is 276 g/mol. The van der Waals surface area contributed by atoms with Crippen LogP contribution in [0.2, 0.25) is 0 Å². The van der Waals surface area contributed by atoms with Crippen LogP contribution in [0.25, 0.3) is 0 Å². The molecule has 9 heteroatoms. The molecule has 0 radical (unpaired) electrons. The Labute approximate surface area is 104 Å². The maximum absolute atomic E-state index is 12.6. The lowest BCUT2D eigenvalue weighted by Gasteiger charge is -2.14. The Hall–Kier alpha value is -1.38. The van der Waals surface area contributed by atoms with Gasteiger partial charge < -0.3 is 10.1 Å². The van der Waals surface area contributed by atoms with Crippen LogP contribution in [-0.2, 0) is 4.74 Å². The summed E-state index contributed by atoms with van der Waals surface area (Å²) in [5.74, 6) is -4.84. The molecule has 0 aromatic carbocycles. The summed E-state index contributed by atoms with van der Waals surface area (Å²) in [5, 5.41) is 3.30. The minimum Gasteiger partial charge on any atom is -0.461 e. The number of aromatic nitrogens is 1. The molecule has 0 saturated heterocycles. The molecule has 1 rings (SSSR count). The first-order valence-electron chi connectivity index (χ1n) is 4.89. The number of ether oxygens (including phenoxy) is 1. The third-order valence-corrected chi connectivity index (χ3v) is 2.58. The van der Waals surface area contributed by atoms with Crippen molar-refractivity contribution in [3.8, 4) is 0 Å². The van der Waals surface area contributed by atoms with Crippen molar-refractivity contribution < 1.29 is 27.1 Å². The molecule has 1 aromatic heterocycles.